The van der Waals surface area contributed by atoms with E-state index >= 15 is 0 Å². The Labute approximate surface area is 163 Å². The Morgan fingerprint density at radius 2 is 1.88 bits per heavy atom. The number of anilines is 1. The quantitative estimate of drug-likeness (QED) is 0.735. The zero-order chi connectivity index (χ0) is 18.7. The lowest BCUT2D eigenvalue weighted by Crippen LogP contribution is -2.55. The van der Waals surface area contributed by atoms with Crippen LogP contribution in [0.4, 0.5) is 10.1 Å². The summed E-state index contributed by atoms with van der Waals surface area (Å²) in [5.74, 6) is -0.318. The fourth-order valence-electron chi connectivity index (χ4n) is 3.56. The average Bonchev–Trinajstić information content (AvgIpc) is 2.64. The van der Waals surface area contributed by atoms with E-state index in [1.54, 1.807) is 36.2 Å². The Hall–Kier alpha value is -1.98. The predicted octanol–water partition coefficient (Wildman–Crippen LogP) is 5.15. The Morgan fingerprint density at radius 1 is 1.19 bits per heavy atom. The third kappa shape index (κ3) is 3.33. The molecule has 1 aliphatic rings. The average molecular weight is 391 g/mol. The van der Waals surface area contributed by atoms with Gasteiger partial charge in [0.1, 0.15) is 11.4 Å². The number of nitrogens with zero attached hydrogens (tertiary/aromatic N) is 1. The molecule has 0 amide bonds. The summed E-state index contributed by atoms with van der Waals surface area (Å²) in [5, 5.41) is 3.74. The summed E-state index contributed by atoms with van der Waals surface area (Å²) >= 11 is 12.0. The van der Waals surface area contributed by atoms with Crippen molar-refractivity contribution in [2.24, 2.45) is 0 Å². The number of carbonyl (C=O) groups is 1. The van der Waals surface area contributed by atoms with Crippen molar-refractivity contribution in [2.45, 2.75) is 31.2 Å². The Balaban J connectivity index is 1.99. The van der Waals surface area contributed by atoms with Crippen molar-refractivity contribution < 1.29 is 9.18 Å². The highest BCUT2D eigenvalue weighted by Gasteiger charge is 2.47. The van der Waals surface area contributed by atoms with E-state index in [1.165, 1.54) is 6.07 Å². The lowest BCUT2D eigenvalue weighted by Gasteiger charge is -2.45. The van der Waals surface area contributed by atoms with E-state index in [0.29, 0.717) is 17.9 Å². The molecule has 136 valence electrons. The molecular weight excluding hydrogens is 371 g/mol. The van der Waals surface area contributed by atoms with Gasteiger partial charge in [-0.05, 0) is 49.7 Å². The number of hydrogen-bond donors (Lipinski definition) is 1. The van der Waals surface area contributed by atoms with Crippen LogP contribution < -0.4 is 5.32 Å². The van der Waals surface area contributed by atoms with Crippen molar-refractivity contribution in [3.05, 3.63) is 64.9 Å². The molecule has 0 heterocycles. The summed E-state index contributed by atoms with van der Waals surface area (Å²) in [7, 11) is 1.77. The van der Waals surface area contributed by atoms with Crippen molar-refractivity contribution in [2.75, 3.05) is 12.4 Å². The first-order chi connectivity index (χ1) is 12.5. The van der Waals surface area contributed by atoms with Crippen molar-refractivity contribution in [1.29, 1.82) is 0 Å². The molecule has 1 N–H and O–H groups in total. The minimum Gasteiger partial charge on any atom is -0.335 e. The van der Waals surface area contributed by atoms with Crippen molar-refractivity contribution in [3.8, 4) is 0 Å². The molecule has 26 heavy (non-hydrogen) atoms. The van der Waals surface area contributed by atoms with Gasteiger partial charge in [0, 0.05) is 24.1 Å². The first-order valence-corrected chi connectivity index (χ1v) is 9.33. The number of hydrogen-bond acceptors (Lipinski definition) is 2. The van der Waals surface area contributed by atoms with Gasteiger partial charge < -0.3 is 10.2 Å². The summed E-state index contributed by atoms with van der Waals surface area (Å²) in [6.45, 7) is 0. The maximum atomic E-state index is 14.0. The second-order valence-corrected chi connectivity index (χ2v) is 7.23. The molecule has 0 aromatic heterocycles. The van der Waals surface area contributed by atoms with E-state index in [0.717, 1.165) is 18.4 Å². The maximum absolute atomic E-state index is 14.0. The molecular formula is C20H20ClFN2OS. The van der Waals surface area contributed by atoms with E-state index in [-0.39, 0.29) is 16.6 Å². The van der Waals surface area contributed by atoms with Crippen LogP contribution in [0.3, 0.4) is 0 Å². The van der Waals surface area contributed by atoms with Crippen LogP contribution in [0, 0.1) is 5.82 Å². The van der Waals surface area contributed by atoms with E-state index in [4.69, 9.17) is 23.8 Å². The normalized spacial score (nSPS) is 19.9. The molecule has 2 aromatic rings. The van der Waals surface area contributed by atoms with Gasteiger partial charge in [-0.25, -0.2) is 4.39 Å². The van der Waals surface area contributed by atoms with E-state index in [9.17, 15) is 9.18 Å². The SMILES string of the molecule is CN(C(=S)Nc1ccccc1F)[C@@]1(c2ccccc2Cl)CCCCC1=O. The van der Waals surface area contributed by atoms with Crippen LogP contribution in [-0.4, -0.2) is 22.8 Å². The fraction of sp³-hybridized carbons (Fsp3) is 0.300. The molecule has 0 spiro atoms. The highest BCUT2D eigenvalue weighted by molar-refractivity contribution is 7.80. The highest BCUT2D eigenvalue weighted by Crippen LogP contribution is 2.42. The van der Waals surface area contributed by atoms with Crippen LogP contribution in [-0.2, 0) is 10.3 Å². The number of ketones is 1. The second-order valence-electron chi connectivity index (χ2n) is 6.44. The molecule has 1 fully saturated rings. The minimum atomic E-state index is -0.939. The Bertz CT molecular complexity index is 844. The van der Waals surface area contributed by atoms with E-state index in [2.05, 4.69) is 5.32 Å². The van der Waals surface area contributed by atoms with Gasteiger partial charge in [-0.15, -0.1) is 0 Å². The summed E-state index contributed by atoms with van der Waals surface area (Å²) in [4.78, 5) is 14.8. The van der Waals surface area contributed by atoms with E-state index in [1.807, 2.05) is 18.2 Å². The van der Waals surface area contributed by atoms with Crippen LogP contribution in [0.15, 0.2) is 48.5 Å². The first kappa shape index (κ1) is 18.8. The number of para-hydroxylation sites is 1. The Kier molecular flexibility index (Phi) is 5.58. The molecule has 1 aliphatic carbocycles. The zero-order valence-corrected chi connectivity index (χ0v) is 16.0. The predicted molar refractivity (Wildman–Crippen MR) is 107 cm³/mol. The summed E-state index contributed by atoms with van der Waals surface area (Å²) in [6.07, 6.45) is 2.83. The monoisotopic (exact) mass is 390 g/mol. The lowest BCUT2D eigenvalue weighted by molar-refractivity contribution is -0.131. The smallest absolute Gasteiger partial charge is 0.174 e. The fourth-order valence-corrected chi connectivity index (χ4v) is 4.12. The van der Waals surface area contributed by atoms with Crippen molar-refractivity contribution in [3.63, 3.8) is 0 Å². The van der Waals surface area contributed by atoms with Gasteiger partial charge >= 0.3 is 0 Å². The van der Waals surface area contributed by atoms with Crippen LogP contribution in [0.25, 0.3) is 0 Å². The summed E-state index contributed by atoms with van der Waals surface area (Å²) < 4.78 is 14.0. The zero-order valence-electron chi connectivity index (χ0n) is 14.5. The van der Waals surface area contributed by atoms with Crippen LogP contribution in [0.5, 0.6) is 0 Å². The molecule has 0 aliphatic heterocycles. The molecule has 0 radical (unpaired) electrons. The third-order valence-corrected chi connectivity index (χ3v) is 5.67. The van der Waals surface area contributed by atoms with Gasteiger partial charge in [-0.3, -0.25) is 4.79 Å². The molecule has 0 unspecified atom stereocenters. The van der Waals surface area contributed by atoms with Gasteiger partial charge in [0.2, 0.25) is 0 Å². The largest absolute Gasteiger partial charge is 0.335 e. The standard InChI is InChI=1S/C20H20ClFN2OS/c1-24(19(26)23-17-11-5-4-10-16(17)22)20(13-7-6-12-18(20)25)14-8-2-3-9-15(14)21/h2-5,8-11H,6-7,12-13H2,1H3,(H,23,26)/t20-/m1/s1. The molecule has 3 nitrogen and oxygen atoms in total. The first-order valence-electron chi connectivity index (χ1n) is 8.54. The number of rotatable bonds is 3. The minimum absolute atomic E-state index is 0.0806. The van der Waals surface area contributed by atoms with Crippen LogP contribution in [0.1, 0.15) is 31.2 Å². The maximum Gasteiger partial charge on any atom is 0.174 e. The Morgan fingerprint density at radius 3 is 2.58 bits per heavy atom. The van der Waals surface area contributed by atoms with Crippen LogP contribution >= 0.6 is 23.8 Å². The number of carbonyl (C=O) groups excluding carboxylic acids is 1. The van der Waals surface area contributed by atoms with Crippen molar-refractivity contribution >= 4 is 40.4 Å². The van der Waals surface area contributed by atoms with Crippen LogP contribution in [0.2, 0.25) is 5.02 Å². The number of thiocarbonyl (C=S) groups is 1. The molecule has 3 rings (SSSR count). The van der Waals surface area contributed by atoms with Gasteiger partial charge in [-0.2, -0.15) is 0 Å². The number of likely N-dealkylation sites (N-methyl/N-ethyl adjacent to an activating group) is 1. The van der Waals surface area contributed by atoms with E-state index < -0.39 is 11.4 Å². The van der Waals surface area contributed by atoms with Gasteiger partial charge in [0.05, 0.1) is 5.69 Å². The molecule has 0 bridgehead atoms. The van der Waals surface area contributed by atoms with Gasteiger partial charge in [0.25, 0.3) is 0 Å². The lowest BCUT2D eigenvalue weighted by atomic mass is 9.74. The molecule has 0 saturated heterocycles. The number of Topliss-reactive ketones (excluding diaryl/α,β-unsaturated/α-hetero) is 1. The van der Waals surface area contributed by atoms with Gasteiger partial charge in [-0.1, -0.05) is 41.9 Å². The summed E-state index contributed by atoms with van der Waals surface area (Å²) in [6, 6.07) is 13.7. The highest BCUT2D eigenvalue weighted by atomic mass is 35.5. The summed E-state index contributed by atoms with van der Waals surface area (Å²) in [5.41, 5.74) is 0.0832. The molecule has 6 heteroatoms. The molecule has 1 saturated carbocycles. The number of halogens is 2. The third-order valence-electron chi connectivity index (χ3n) is 4.97. The molecule has 1 atom stereocenters. The number of benzene rings is 2. The number of nitrogens with one attached hydrogen (secondary N) is 1. The topological polar surface area (TPSA) is 32.3 Å². The van der Waals surface area contributed by atoms with Gasteiger partial charge in [0.15, 0.2) is 10.9 Å². The second kappa shape index (κ2) is 7.72. The van der Waals surface area contributed by atoms with Crippen molar-refractivity contribution in [1.82, 2.24) is 4.90 Å². The molecule has 2 aromatic carbocycles.